The number of nitrogens with one attached hydrogen (secondary N) is 6. The highest BCUT2D eigenvalue weighted by Gasteiger charge is 2.32. The Morgan fingerprint density at radius 3 is 2.41 bits per heavy atom. The number of guanidine groups is 1. The third-order valence-corrected chi connectivity index (χ3v) is 8.85. The summed E-state index contributed by atoms with van der Waals surface area (Å²) in [6, 6.07) is 8.97. The van der Waals surface area contributed by atoms with Gasteiger partial charge < -0.3 is 52.2 Å². The molecule has 22 heteroatoms. The number of carboxylic acid groups (broad SMARTS) is 1. The molecule has 1 aliphatic heterocycles. The van der Waals surface area contributed by atoms with Crippen molar-refractivity contribution in [3.63, 3.8) is 0 Å². The molecule has 0 aliphatic carbocycles. The first kappa shape index (κ1) is 46.4. The summed E-state index contributed by atoms with van der Waals surface area (Å²) in [6.07, 6.45) is -0.852. The Kier molecular flexibility index (Phi) is 18.8. The zero-order valence-corrected chi connectivity index (χ0v) is 32.4. The third-order valence-electron chi connectivity index (χ3n) is 8.85. The quantitative estimate of drug-likeness (QED) is 0.0349. The van der Waals surface area contributed by atoms with E-state index in [9.17, 15) is 53.9 Å². The van der Waals surface area contributed by atoms with Crippen LogP contribution in [0.25, 0.3) is 0 Å². The molecule has 1 aliphatic rings. The van der Waals surface area contributed by atoms with Crippen LogP contribution in [0.1, 0.15) is 56.1 Å². The Bertz CT molecular complexity index is 1810. The number of ether oxygens (including phenoxy) is 1. The lowest BCUT2D eigenvalue weighted by atomic mass is 10.0. The number of benzene rings is 2. The SMILES string of the molecule is CN(CC(=O)N[C@@H](CCCN=C(N)N[N+](=O)[O-])C(=O)NC1CCC(=O)NCCCCC(C(=O)O)NC(=O)C(Cc2ccc(O)cc2)NC1=O)C(=O)OCc1ccccc1. The first-order valence-electron chi connectivity index (χ1n) is 18.7. The van der Waals surface area contributed by atoms with Crippen LogP contribution in [0.3, 0.4) is 0 Å². The van der Waals surface area contributed by atoms with E-state index in [0.717, 1.165) is 4.90 Å². The summed E-state index contributed by atoms with van der Waals surface area (Å²) in [6.45, 7) is -0.568. The second-order valence-corrected chi connectivity index (χ2v) is 13.6. The van der Waals surface area contributed by atoms with E-state index in [1.165, 1.54) is 31.3 Å². The van der Waals surface area contributed by atoms with Crippen molar-refractivity contribution in [3.05, 3.63) is 75.8 Å². The van der Waals surface area contributed by atoms with Gasteiger partial charge in [0.1, 0.15) is 43.1 Å². The average molecular weight is 827 g/mol. The molecule has 1 fully saturated rings. The van der Waals surface area contributed by atoms with Crippen molar-refractivity contribution in [1.82, 2.24) is 36.9 Å². The lowest BCUT2D eigenvalue weighted by Crippen LogP contribution is -2.58. The molecule has 3 unspecified atom stereocenters. The summed E-state index contributed by atoms with van der Waals surface area (Å²) in [7, 11) is 1.30. The van der Waals surface area contributed by atoms with E-state index in [-0.39, 0.29) is 64.0 Å². The maximum absolute atomic E-state index is 13.9. The number of phenols is 1. The van der Waals surface area contributed by atoms with E-state index in [1.807, 2.05) is 0 Å². The van der Waals surface area contributed by atoms with Gasteiger partial charge in [-0.1, -0.05) is 47.9 Å². The zero-order chi connectivity index (χ0) is 43.3. The maximum Gasteiger partial charge on any atom is 0.410 e. The Labute approximate surface area is 338 Å². The van der Waals surface area contributed by atoms with Gasteiger partial charge in [0.25, 0.3) is 5.96 Å². The number of carbonyl (C=O) groups excluding carboxylic acids is 6. The van der Waals surface area contributed by atoms with E-state index in [2.05, 4.69) is 31.6 Å². The summed E-state index contributed by atoms with van der Waals surface area (Å²) in [5, 5.41) is 42.1. The van der Waals surface area contributed by atoms with E-state index in [0.29, 0.717) is 24.0 Å². The molecule has 3 rings (SSSR count). The fourth-order valence-corrected chi connectivity index (χ4v) is 5.73. The number of aliphatic carboxylic acids is 1. The molecule has 0 aromatic heterocycles. The minimum atomic E-state index is -1.48. The molecular weight excluding hydrogens is 776 g/mol. The molecule has 10 N–H and O–H groups in total. The normalized spacial score (nSPS) is 18.6. The van der Waals surface area contributed by atoms with Crippen LogP contribution in [-0.2, 0) is 46.5 Å². The number of hydrogen-bond donors (Lipinski definition) is 9. The molecule has 0 saturated carbocycles. The predicted molar refractivity (Wildman–Crippen MR) is 208 cm³/mol. The monoisotopic (exact) mass is 826 g/mol. The summed E-state index contributed by atoms with van der Waals surface area (Å²) in [5.41, 5.74) is 8.35. The number of aliphatic imine (C=N–C) groups is 1. The molecule has 59 heavy (non-hydrogen) atoms. The van der Waals surface area contributed by atoms with Crippen molar-refractivity contribution >= 4 is 47.6 Å². The van der Waals surface area contributed by atoms with Gasteiger partial charge in [-0.3, -0.25) is 24.0 Å². The molecule has 6 amide bonds. The highest BCUT2D eigenvalue weighted by Crippen LogP contribution is 2.13. The van der Waals surface area contributed by atoms with Crippen LogP contribution in [0, 0.1) is 10.1 Å². The molecule has 320 valence electrons. The van der Waals surface area contributed by atoms with Gasteiger partial charge in [-0.05, 0) is 61.8 Å². The van der Waals surface area contributed by atoms with Crippen LogP contribution in [0.5, 0.6) is 5.75 Å². The van der Waals surface area contributed by atoms with E-state index in [1.54, 1.807) is 35.8 Å². The Morgan fingerprint density at radius 1 is 1.02 bits per heavy atom. The molecule has 2 aromatic carbocycles. The molecule has 22 nitrogen and oxygen atoms in total. The van der Waals surface area contributed by atoms with Crippen molar-refractivity contribution < 1.29 is 53.5 Å². The number of nitrogens with zero attached hydrogens (tertiary/aromatic N) is 3. The van der Waals surface area contributed by atoms with Gasteiger partial charge in [-0.15, -0.1) is 0 Å². The highest BCUT2D eigenvalue weighted by atomic mass is 16.7. The van der Waals surface area contributed by atoms with Crippen molar-refractivity contribution in [2.45, 2.75) is 82.1 Å². The van der Waals surface area contributed by atoms with Crippen LogP contribution < -0.4 is 37.7 Å². The van der Waals surface area contributed by atoms with E-state index >= 15 is 0 Å². The van der Waals surface area contributed by atoms with Gasteiger partial charge in [-0.2, -0.15) is 0 Å². The first-order chi connectivity index (χ1) is 28.1. The number of amides is 6. The molecule has 0 bridgehead atoms. The van der Waals surface area contributed by atoms with Crippen LogP contribution in [0.2, 0.25) is 0 Å². The largest absolute Gasteiger partial charge is 0.508 e. The summed E-state index contributed by atoms with van der Waals surface area (Å²) < 4.78 is 5.25. The smallest absolute Gasteiger partial charge is 0.410 e. The molecule has 0 spiro atoms. The number of carbonyl (C=O) groups is 7. The van der Waals surface area contributed by atoms with Gasteiger partial charge in [0, 0.05) is 33.0 Å². The Balaban J connectivity index is 1.84. The van der Waals surface area contributed by atoms with Gasteiger partial charge in [-0.25, -0.2) is 24.7 Å². The van der Waals surface area contributed by atoms with E-state index < -0.39 is 83.3 Å². The molecule has 4 atom stereocenters. The van der Waals surface area contributed by atoms with Gasteiger partial charge in [0.2, 0.25) is 29.5 Å². The maximum atomic E-state index is 13.9. The second kappa shape index (κ2) is 23.9. The lowest BCUT2D eigenvalue weighted by Gasteiger charge is -2.26. The van der Waals surface area contributed by atoms with Crippen molar-refractivity contribution in [1.29, 1.82) is 0 Å². The van der Waals surface area contributed by atoms with E-state index in [4.69, 9.17) is 10.5 Å². The van der Waals surface area contributed by atoms with Gasteiger partial charge in [0.15, 0.2) is 5.03 Å². The van der Waals surface area contributed by atoms with Crippen molar-refractivity contribution in [2.24, 2.45) is 10.7 Å². The Hall–Kier alpha value is -7.00. The second-order valence-electron chi connectivity index (χ2n) is 13.6. The fourth-order valence-electron chi connectivity index (χ4n) is 5.73. The lowest BCUT2D eigenvalue weighted by molar-refractivity contribution is -0.525. The zero-order valence-electron chi connectivity index (χ0n) is 32.4. The van der Waals surface area contributed by atoms with Crippen molar-refractivity contribution in [2.75, 3.05) is 26.7 Å². The molecule has 0 radical (unpaired) electrons. The number of carboxylic acids is 1. The van der Waals surface area contributed by atoms with Crippen LogP contribution in [-0.4, -0.2) is 119 Å². The number of phenolic OH excluding ortho intramolecular Hbond substituents is 1. The summed E-state index contributed by atoms with van der Waals surface area (Å²) in [4.78, 5) is 107. The summed E-state index contributed by atoms with van der Waals surface area (Å²) in [5.74, 6) is -5.81. The number of likely N-dealkylation sites (N-methyl/N-ethyl adjacent to an activating group) is 1. The molecular formula is C37H50N10O12. The third kappa shape index (κ3) is 17.4. The summed E-state index contributed by atoms with van der Waals surface area (Å²) >= 11 is 0. The van der Waals surface area contributed by atoms with Gasteiger partial charge >= 0.3 is 12.1 Å². The fraction of sp³-hybridized carbons (Fsp3) is 0.459. The Morgan fingerprint density at radius 2 is 1.73 bits per heavy atom. The number of rotatable bonds is 15. The number of aromatic hydroxyl groups is 1. The average Bonchev–Trinajstić information content (AvgIpc) is 3.19. The standard InChI is InChI=1S/C37H50N10O12/c1-46(37(56)59-22-24-8-3-2-4-9-24)21-31(50)41-26(11-7-19-40-36(38)45-47(57)58)32(51)42-27-16-17-30(49)39-18-6-5-10-28(35(54)55)43-34(53)29(44-33(27)52)20-23-12-14-25(48)15-13-23/h2-4,8-9,12-15,26-29,48H,5-7,10-11,16-22H2,1H3,(H,39,49)(H,41,50)(H,42,51)(H,43,53)(H,44,52)(H,54,55)(H3,38,40,45)/t26-,27?,28?,29?/m0/s1. The van der Waals surface area contributed by atoms with Gasteiger partial charge in [0.05, 0.1) is 0 Å². The van der Waals surface area contributed by atoms with Crippen LogP contribution in [0.15, 0.2) is 59.6 Å². The van der Waals surface area contributed by atoms with Crippen molar-refractivity contribution in [3.8, 4) is 5.75 Å². The first-order valence-corrected chi connectivity index (χ1v) is 18.7. The minimum absolute atomic E-state index is 0.0340. The highest BCUT2D eigenvalue weighted by molar-refractivity contribution is 5.95. The number of hydrazine groups is 1. The molecule has 1 saturated heterocycles. The topological polar surface area (TPSA) is 326 Å². The number of hydrogen-bond acceptors (Lipinski definition) is 12. The van der Waals surface area contributed by atoms with Crippen LogP contribution in [0.4, 0.5) is 4.79 Å². The minimum Gasteiger partial charge on any atom is -0.508 e. The number of nitrogens with two attached hydrogens (primary N) is 1. The van der Waals surface area contributed by atoms with Crippen LogP contribution >= 0.6 is 0 Å². The number of nitro groups is 1. The molecule has 1 heterocycles. The molecule has 2 aromatic rings. The predicted octanol–water partition coefficient (Wildman–Crippen LogP) is -0.816.